The third-order valence-corrected chi connectivity index (χ3v) is 1.89. The summed E-state index contributed by atoms with van der Waals surface area (Å²) in [5, 5.41) is 2.56. The molecule has 1 aromatic carbocycles. The number of amides is 1. The fourth-order valence-corrected chi connectivity index (χ4v) is 1.24. The summed E-state index contributed by atoms with van der Waals surface area (Å²) >= 11 is 0. The second-order valence-corrected chi connectivity index (χ2v) is 2.73. The lowest BCUT2D eigenvalue weighted by atomic mass is 10.1. The van der Waals surface area contributed by atoms with Crippen molar-refractivity contribution in [3.05, 3.63) is 29.3 Å². The Morgan fingerprint density at radius 1 is 1.46 bits per heavy atom. The molecule has 0 saturated carbocycles. The summed E-state index contributed by atoms with van der Waals surface area (Å²) in [6.45, 7) is 1.91. The van der Waals surface area contributed by atoms with Crippen LogP contribution in [0.1, 0.15) is 15.9 Å². The highest BCUT2D eigenvalue weighted by atomic mass is 16.5. The van der Waals surface area contributed by atoms with E-state index in [9.17, 15) is 4.79 Å². The molecule has 0 saturated heterocycles. The molecule has 0 fully saturated rings. The SMILES string of the molecule is CNC(=O)c1cccc(C)c1OC. The number of benzene rings is 1. The summed E-state index contributed by atoms with van der Waals surface area (Å²) < 4.78 is 5.14. The molecule has 0 unspecified atom stereocenters. The molecule has 70 valence electrons. The minimum atomic E-state index is -0.124. The van der Waals surface area contributed by atoms with Gasteiger partial charge in [0.05, 0.1) is 12.7 Å². The van der Waals surface area contributed by atoms with Gasteiger partial charge in [-0.15, -0.1) is 0 Å². The summed E-state index contributed by atoms with van der Waals surface area (Å²) in [5.74, 6) is 0.516. The van der Waals surface area contributed by atoms with Crippen LogP contribution in [0.25, 0.3) is 0 Å². The lowest BCUT2D eigenvalue weighted by Gasteiger charge is -2.09. The molecule has 0 bridgehead atoms. The molecular weight excluding hydrogens is 166 g/mol. The van der Waals surface area contributed by atoms with Crippen LogP contribution in [0.15, 0.2) is 18.2 Å². The predicted octanol–water partition coefficient (Wildman–Crippen LogP) is 1.36. The van der Waals surface area contributed by atoms with E-state index in [1.807, 2.05) is 19.1 Å². The Kier molecular flexibility index (Phi) is 2.90. The zero-order valence-corrected chi connectivity index (χ0v) is 8.05. The molecule has 0 aliphatic heterocycles. The van der Waals surface area contributed by atoms with Gasteiger partial charge in [-0.25, -0.2) is 0 Å². The van der Waals surface area contributed by atoms with E-state index in [0.717, 1.165) is 5.56 Å². The Balaban J connectivity index is 3.20. The van der Waals surface area contributed by atoms with Crippen LogP contribution in [0, 0.1) is 6.92 Å². The van der Waals surface area contributed by atoms with Gasteiger partial charge in [-0.2, -0.15) is 0 Å². The summed E-state index contributed by atoms with van der Waals surface area (Å²) in [6.07, 6.45) is 0. The van der Waals surface area contributed by atoms with E-state index in [-0.39, 0.29) is 5.91 Å². The van der Waals surface area contributed by atoms with Crippen LogP contribution in [0.4, 0.5) is 0 Å². The van der Waals surface area contributed by atoms with Gasteiger partial charge in [0.2, 0.25) is 0 Å². The molecule has 1 aromatic rings. The van der Waals surface area contributed by atoms with Crippen molar-refractivity contribution >= 4 is 5.91 Å². The molecule has 0 heterocycles. The minimum absolute atomic E-state index is 0.124. The van der Waals surface area contributed by atoms with Crippen LogP contribution in [0.2, 0.25) is 0 Å². The van der Waals surface area contributed by atoms with Crippen LogP contribution in [0.3, 0.4) is 0 Å². The number of aryl methyl sites for hydroxylation is 1. The standard InChI is InChI=1S/C10H13NO2/c1-7-5-4-6-8(9(7)13-3)10(12)11-2/h4-6H,1-3H3,(H,11,12). The Morgan fingerprint density at radius 3 is 2.69 bits per heavy atom. The van der Waals surface area contributed by atoms with Crippen molar-refractivity contribution in [1.29, 1.82) is 0 Å². The maximum absolute atomic E-state index is 11.4. The largest absolute Gasteiger partial charge is 0.496 e. The fourth-order valence-electron chi connectivity index (χ4n) is 1.24. The number of hydrogen-bond donors (Lipinski definition) is 1. The van der Waals surface area contributed by atoms with Gasteiger partial charge in [0, 0.05) is 7.05 Å². The van der Waals surface area contributed by atoms with Gasteiger partial charge < -0.3 is 10.1 Å². The minimum Gasteiger partial charge on any atom is -0.496 e. The Labute approximate surface area is 77.7 Å². The molecule has 0 aliphatic carbocycles. The number of rotatable bonds is 2. The average Bonchev–Trinajstić information content (AvgIpc) is 2.16. The van der Waals surface area contributed by atoms with E-state index in [2.05, 4.69) is 5.32 Å². The van der Waals surface area contributed by atoms with E-state index in [1.54, 1.807) is 20.2 Å². The molecule has 1 amide bonds. The second kappa shape index (κ2) is 3.94. The van der Waals surface area contributed by atoms with Gasteiger partial charge in [-0.05, 0) is 18.6 Å². The van der Waals surface area contributed by atoms with Crippen LogP contribution < -0.4 is 10.1 Å². The highest BCUT2D eigenvalue weighted by Crippen LogP contribution is 2.22. The fraction of sp³-hybridized carbons (Fsp3) is 0.300. The number of carbonyl (C=O) groups excluding carboxylic acids is 1. The quantitative estimate of drug-likeness (QED) is 0.744. The smallest absolute Gasteiger partial charge is 0.254 e. The van der Waals surface area contributed by atoms with Crippen molar-refractivity contribution < 1.29 is 9.53 Å². The zero-order valence-electron chi connectivity index (χ0n) is 8.05. The predicted molar refractivity (Wildman–Crippen MR) is 51.1 cm³/mol. The number of nitrogens with one attached hydrogen (secondary N) is 1. The summed E-state index contributed by atoms with van der Waals surface area (Å²) in [4.78, 5) is 11.4. The third kappa shape index (κ3) is 1.80. The topological polar surface area (TPSA) is 38.3 Å². The van der Waals surface area contributed by atoms with Gasteiger partial charge in [0.15, 0.2) is 0 Å². The molecule has 0 atom stereocenters. The Morgan fingerprint density at radius 2 is 2.15 bits per heavy atom. The van der Waals surface area contributed by atoms with Crippen molar-refractivity contribution in [2.75, 3.05) is 14.2 Å². The van der Waals surface area contributed by atoms with Crippen LogP contribution in [0.5, 0.6) is 5.75 Å². The van der Waals surface area contributed by atoms with Crippen molar-refractivity contribution in [3.8, 4) is 5.75 Å². The molecule has 3 nitrogen and oxygen atoms in total. The average molecular weight is 179 g/mol. The summed E-state index contributed by atoms with van der Waals surface area (Å²) in [5.41, 5.74) is 1.54. The van der Waals surface area contributed by atoms with Crippen molar-refractivity contribution in [2.24, 2.45) is 0 Å². The first-order chi connectivity index (χ1) is 6.20. The molecule has 13 heavy (non-hydrogen) atoms. The second-order valence-electron chi connectivity index (χ2n) is 2.73. The van der Waals surface area contributed by atoms with E-state index in [4.69, 9.17) is 4.74 Å². The number of hydrogen-bond acceptors (Lipinski definition) is 2. The van der Waals surface area contributed by atoms with Crippen molar-refractivity contribution in [3.63, 3.8) is 0 Å². The molecule has 0 spiro atoms. The lowest BCUT2D eigenvalue weighted by molar-refractivity contribution is 0.0960. The van der Waals surface area contributed by atoms with Crippen molar-refractivity contribution in [2.45, 2.75) is 6.92 Å². The van der Waals surface area contributed by atoms with Gasteiger partial charge >= 0.3 is 0 Å². The lowest BCUT2D eigenvalue weighted by Crippen LogP contribution is -2.18. The van der Waals surface area contributed by atoms with Gasteiger partial charge in [0.1, 0.15) is 5.75 Å². The molecule has 0 radical (unpaired) electrons. The van der Waals surface area contributed by atoms with E-state index in [0.29, 0.717) is 11.3 Å². The first kappa shape index (κ1) is 9.58. The van der Waals surface area contributed by atoms with Crippen LogP contribution in [-0.4, -0.2) is 20.1 Å². The summed E-state index contributed by atoms with van der Waals surface area (Å²) in [6, 6.07) is 5.48. The monoisotopic (exact) mass is 179 g/mol. The highest BCUT2D eigenvalue weighted by Gasteiger charge is 2.11. The van der Waals surface area contributed by atoms with Crippen LogP contribution in [-0.2, 0) is 0 Å². The van der Waals surface area contributed by atoms with Gasteiger partial charge in [-0.3, -0.25) is 4.79 Å². The molecular formula is C10H13NO2. The molecule has 0 aromatic heterocycles. The maximum atomic E-state index is 11.4. The molecule has 3 heteroatoms. The van der Waals surface area contributed by atoms with Crippen molar-refractivity contribution in [1.82, 2.24) is 5.32 Å². The van der Waals surface area contributed by atoms with E-state index >= 15 is 0 Å². The first-order valence-electron chi connectivity index (χ1n) is 4.06. The Hall–Kier alpha value is -1.51. The maximum Gasteiger partial charge on any atom is 0.254 e. The third-order valence-electron chi connectivity index (χ3n) is 1.89. The molecule has 0 aliphatic rings. The van der Waals surface area contributed by atoms with E-state index in [1.165, 1.54) is 0 Å². The van der Waals surface area contributed by atoms with Crippen LogP contribution >= 0.6 is 0 Å². The number of carbonyl (C=O) groups is 1. The molecule has 1 rings (SSSR count). The van der Waals surface area contributed by atoms with Gasteiger partial charge in [0.25, 0.3) is 5.91 Å². The summed E-state index contributed by atoms with van der Waals surface area (Å²) in [7, 11) is 3.17. The zero-order chi connectivity index (χ0) is 9.84. The Bertz CT molecular complexity index is 321. The highest BCUT2D eigenvalue weighted by molar-refractivity contribution is 5.97. The number of ether oxygens (including phenoxy) is 1. The van der Waals surface area contributed by atoms with E-state index < -0.39 is 0 Å². The first-order valence-corrected chi connectivity index (χ1v) is 4.06. The number of para-hydroxylation sites is 1. The molecule has 1 N–H and O–H groups in total. The van der Waals surface area contributed by atoms with Gasteiger partial charge in [-0.1, -0.05) is 12.1 Å². The normalized spacial score (nSPS) is 9.46. The number of methoxy groups -OCH3 is 1.